The second kappa shape index (κ2) is 7.98. The SMILES string of the molecule is CN=C(NCCc1ccc(OC)cc1O)N1CCC2(CCCCC2)C1. The van der Waals surface area contributed by atoms with Crippen molar-refractivity contribution in [1.29, 1.82) is 0 Å². The van der Waals surface area contributed by atoms with Crippen molar-refractivity contribution in [3.8, 4) is 11.5 Å². The van der Waals surface area contributed by atoms with Gasteiger partial charge in [0.15, 0.2) is 5.96 Å². The molecule has 2 fully saturated rings. The van der Waals surface area contributed by atoms with Crippen LogP contribution in [0, 0.1) is 5.41 Å². The van der Waals surface area contributed by atoms with E-state index in [0.717, 1.165) is 37.6 Å². The van der Waals surface area contributed by atoms with E-state index in [4.69, 9.17) is 4.74 Å². The minimum absolute atomic E-state index is 0.290. The topological polar surface area (TPSA) is 57.1 Å². The highest BCUT2D eigenvalue weighted by atomic mass is 16.5. The quantitative estimate of drug-likeness (QED) is 0.650. The minimum atomic E-state index is 0.290. The summed E-state index contributed by atoms with van der Waals surface area (Å²) < 4.78 is 5.13. The second-order valence-electron chi connectivity index (χ2n) is 7.45. The predicted molar refractivity (Wildman–Crippen MR) is 101 cm³/mol. The third-order valence-corrected chi connectivity index (χ3v) is 5.83. The van der Waals surface area contributed by atoms with Gasteiger partial charge in [0.05, 0.1) is 7.11 Å². The molecule has 0 unspecified atom stereocenters. The van der Waals surface area contributed by atoms with Crippen LogP contribution in [0.2, 0.25) is 0 Å². The number of rotatable bonds is 4. The van der Waals surface area contributed by atoms with Gasteiger partial charge in [-0.2, -0.15) is 0 Å². The summed E-state index contributed by atoms with van der Waals surface area (Å²) in [6, 6.07) is 5.47. The van der Waals surface area contributed by atoms with Crippen LogP contribution < -0.4 is 10.1 Å². The lowest BCUT2D eigenvalue weighted by atomic mass is 9.73. The first-order chi connectivity index (χ1) is 12.2. The van der Waals surface area contributed by atoms with Crippen LogP contribution in [-0.2, 0) is 6.42 Å². The Kier molecular flexibility index (Phi) is 5.71. The summed E-state index contributed by atoms with van der Waals surface area (Å²) in [4.78, 5) is 6.89. The first kappa shape index (κ1) is 17.9. The molecule has 2 N–H and O–H groups in total. The van der Waals surface area contributed by atoms with Gasteiger partial charge in [0.2, 0.25) is 0 Å². The summed E-state index contributed by atoms with van der Waals surface area (Å²) in [6.45, 7) is 3.00. The van der Waals surface area contributed by atoms with Crippen molar-refractivity contribution in [3.05, 3.63) is 23.8 Å². The molecular weight excluding hydrogens is 314 g/mol. The van der Waals surface area contributed by atoms with Gasteiger partial charge in [0.1, 0.15) is 11.5 Å². The molecule has 1 aliphatic carbocycles. The Morgan fingerprint density at radius 2 is 2.08 bits per heavy atom. The molecule has 138 valence electrons. The molecule has 0 aromatic heterocycles. The average Bonchev–Trinajstić information content (AvgIpc) is 3.03. The molecule has 1 saturated heterocycles. The van der Waals surface area contributed by atoms with Gasteiger partial charge in [-0.05, 0) is 42.7 Å². The molecular formula is C20H31N3O2. The largest absolute Gasteiger partial charge is 0.508 e. The normalized spacial score (nSPS) is 20.1. The molecule has 2 aliphatic rings. The lowest BCUT2D eigenvalue weighted by molar-refractivity contribution is 0.203. The van der Waals surface area contributed by atoms with Gasteiger partial charge in [-0.1, -0.05) is 25.3 Å². The lowest BCUT2D eigenvalue weighted by Crippen LogP contribution is -2.42. The molecule has 5 heteroatoms. The van der Waals surface area contributed by atoms with Crippen molar-refractivity contribution in [1.82, 2.24) is 10.2 Å². The molecule has 1 heterocycles. The predicted octanol–water partition coefficient (Wildman–Crippen LogP) is 3.17. The zero-order chi connectivity index (χ0) is 17.7. The Morgan fingerprint density at radius 3 is 2.76 bits per heavy atom. The Bertz CT molecular complexity index is 609. The summed E-state index contributed by atoms with van der Waals surface area (Å²) in [5, 5.41) is 13.5. The summed E-state index contributed by atoms with van der Waals surface area (Å²) in [6.07, 6.45) is 8.98. The first-order valence-electron chi connectivity index (χ1n) is 9.47. The first-order valence-corrected chi connectivity index (χ1v) is 9.47. The fraction of sp³-hybridized carbons (Fsp3) is 0.650. The average molecular weight is 345 g/mol. The number of aliphatic imine (C=N–C) groups is 1. The highest BCUT2D eigenvalue weighted by Gasteiger charge is 2.39. The smallest absolute Gasteiger partial charge is 0.193 e. The Balaban J connectivity index is 1.52. The van der Waals surface area contributed by atoms with E-state index in [0.29, 0.717) is 16.9 Å². The van der Waals surface area contributed by atoms with E-state index >= 15 is 0 Å². The van der Waals surface area contributed by atoms with E-state index in [1.807, 2.05) is 19.2 Å². The maximum atomic E-state index is 10.1. The summed E-state index contributed by atoms with van der Waals surface area (Å²) in [5.41, 5.74) is 1.46. The number of nitrogens with zero attached hydrogens (tertiary/aromatic N) is 2. The van der Waals surface area contributed by atoms with Crippen LogP contribution in [0.5, 0.6) is 11.5 Å². The second-order valence-corrected chi connectivity index (χ2v) is 7.45. The van der Waals surface area contributed by atoms with Gasteiger partial charge in [-0.25, -0.2) is 0 Å². The number of hydrogen-bond donors (Lipinski definition) is 2. The van der Waals surface area contributed by atoms with E-state index < -0.39 is 0 Å². The zero-order valence-corrected chi connectivity index (χ0v) is 15.6. The zero-order valence-electron chi connectivity index (χ0n) is 15.6. The lowest BCUT2D eigenvalue weighted by Gasteiger charge is -2.33. The Morgan fingerprint density at radius 1 is 1.28 bits per heavy atom. The Labute approximate surface area is 151 Å². The Hall–Kier alpha value is -1.91. The third kappa shape index (κ3) is 4.20. The number of aromatic hydroxyl groups is 1. The number of guanidine groups is 1. The van der Waals surface area contributed by atoms with Gasteiger partial charge in [0.25, 0.3) is 0 Å². The van der Waals surface area contributed by atoms with Crippen molar-refractivity contribution < 1.29 is 9.84 Å². The molecule has 0 amide bonds. The van der Waals surface area contributed by atoms with Crippen LogP contribution >= 0.6 is 0 Å². The van der Waals surface area contributed by atoms with E-state index in [2.05, 4.69) is 15.2 Å². The monoisotopic (exact) mass is 345 g/mol. The van der Waals surface area contributed by atoms with Crippen LogP contribution in [-0.4, -0.2) is 49.8 Å². The maximum absolute atomic E-state index is 10.1. The van der Waals surface area contributed by atoms with Gasteiger partial charge >= 0.3 is 0 Å². The molecule has 1 aromatic rings. The maximum Gasteiger partial charge on any atom is 0.193 e. The van der Waals surface area contributed by atoms with E-state index in [-0.39, 0.29) is 0 Å². The molecule has 1 aromatic carbocycles. The van der Waals surface area contributed by atoms with Gasteiger partial charge in [-0.15, -0.1) is 0 Å². The standard InChI is InChI=1S/C20H31N3O2/c1-21-19(23-13-11-20(15-23)9-4-3-5-10-20)22-12-8-16-6-7-17(25-2)14-18(16)24/h6-7,14,24H,3-5,8-13,15H2,1-2H3,(H,21,22). The van der Waals surface area contributed by atoms with Crippen molar-refractivity contribution in [2.75, 3.05) is 33.8 Å². The molecule has 25 heavy (non-hydrogen) atoms. The molecule has 0 atom stereocenters. The summed E-state index contributed by atoms with van der Waals surface area (Å²) >= 11 is 0. The number of phenolic OH excluding ortho intramolecular Hbond substituents is 1. The number of nitrogens with one attached hydrogen (secondary N) is 1. The van der Waals surface area contributed by atoms with Crippen LogP contribution in [0.15, 0.2) is 23.2 Å². The van der Waals surface area contributed by atoms with Crippen LogP contribution in [0.3, 0.4) is 0 Å². The number of benzene rings is 1. The molecule has 3 rings (SSSR count). The molecule has 1 saturated carbocycles. The van der Waals surface area contributed by atoms with Gasteiger partial charge in [-0.3, -0.25) is 4.99 Å². The molecule has 5 nitrogen and oxygen atoms in total. The van der Waals surface area contributed by atoms with E-state index in [1.54, 1.807) is 13.2 Å². The van der Waals surface area contributed by atoms with Crippen molar-refractivity contribution in [3.63, 3.8) is 0 Å². The fourth-order valence-corrected chi connectivity index (χ4v) is 4.35. The molecule has 0 radical (unpaired) electrons. The van der Waals surface area contributed by atoms with Gasteiger partial charge in [0, 0.05) is 32.7 Å². The van der Waals surface area contributed by atoms with Crippen LogP contribution in [0.1, 0.15) is 44.1 Å². The molecule has 1 spiro atoms. The number of likely N-dealkylation sites (tertiary alicyclic amines) is 1. The fourth-order valence-electron chi connectivity index (χ4n) is 4.35. The number of ether oxygens (including phenoxy) is 1. The van der Waals surface area contributed by atoms with Crippen LogP contribution in [0.4, 0.5) is 0 Å². The van der Waals surface area contributed by atoms with Crippen molar-refractivity contribution in [2.45, 2.75) is 44.9 Å². The minimum Gasteiger partial charge on any atom is -0.508 e. The van der Waals surface area contributed by atoms with Crippen molar-refractivity contribution in [2.24, 2.45) is 10.4 Å². The number of phenols is 1. The summed E-state index contributed by atoms with van der Waals surface area (Å²) in [7, 11) is 3.47. The highest BCUT2D eigenvalue weighted by molar-refractivity contribution is 5.80. The van der Waals surface area contributed by atoms with E-state index in [9.17, 15) is 5.11 Å². The molecule has 0 bridgehead atoms. The van der Waals surface area contributed by atoms with Crippen molar-refractivity contribution >= 4 is 5.96 Å². The summed E-state index contributed by atoms with van der Waals surface area (Å²) in [5.74, 6) is 1.97. The van der Waals surface area contributed by atoms with Crippen LogP contribution in [0.25, 0.3) is 0 Å². The van der Waals surface area contributed by atoms with Gasteiger partial charge < -0.3 is 20.1 Å². The highest BCUT2D eigenvalue weighted by Crippen LogP contribution is 2.43. The van der Waals surface area contributed by atoms with E-state index in [1.165, 1.54) is 38.5 Å². The number of hydrogen-bond acceptors (Lipinski definition) is 3. The third-order valence-electron chi connectivity index (χ3n) is 5.83. The molecule has 1 aliphatic heterocycles. The number of methoxy groups -OCH3 is 1.